The largest absolute Gasteiger partial charge is 0.477 e. The fourth-order valence-corrected chi connectivity index (χ4v) is 1.26. The number of aromatic nitrogens is 2. The molecule has 0 amide bonds. The van der Waals surface area contributed by atoms with E-state index in [0.717, 1.165) is 6.20 Å². The van der Waals surface area contributed by atoms with Crippen LogP contribution in [0.25, 0.3) is 11.0 Å². The SMILES string of the molecule is Cc1noc2c(C(=O)O)c[nH]c(=O)c12. The van der Waals surface area contributed by atoms with Crippen LogP contribution in [-0.4, -0.2) is 21.2 Å². The van der Waals surface area contributed by atoms with Crippen molar-refractivity contribution in [2.75, 3.05) is 0 Å². The highest BCUT2D eigenvalue weighted by molar-refractivity contribution is 6.00. The van der Waals surface area contributed by atoms with E-state index in [4.69, 9.17) is 9.63 Å². The lowest BCUT2D eigenvalue weighted by Crippen LogP contribution is -2.09. The second-order valence-electron chi connectivity index (χ2n) is 2.81. The number of H-pyrrole nitrogens is 1. The van der Waals surface area contributed by atoms with Crippen LogP contribution in [0.1, 0.15) is 16.1 Å². The molecule has 0 spiro atoms. The molecule has 0 bridgehead atoms. The zero-order valence-electron chi connectivity index (χ0n) is 7.20. The minimum Gasteiger partial charge on any atom is -0.477 e. The number of hydrogen-bond acceptors (Lipinski definition) is 4. The van der Waals surface area contributed by atoms with Gasteiger partial charge in [-0.3, -0.25) is 4.79 Å². The molecular weight excluding hydrogens is 188 g/mol. The van der Waals surface area contributed by atoms with Gasteiger partial charge in [0.25, 0.3) is 5.56 Å². The van der Waals surface area contributed by atoms with Gasteiger partial charge >= 0.3 is 5.97 Å². The van der Waals surface area contributed by atoms with Gasteiger partial charge in [0.15, 0.2) is 5.58 Å². The van der Waals surface area contributed by atoms with Crippen molar-refractivity contribution in [1.29, 1.82) is 0 Å². The number of pyridine rings is 1. The number of aromatic amines is 1. The molecular formula is C8H6N2O4. The zero-order chi connectivity index (χ0) is 10.3. The number of rotatable bonds is 1. The van der Waals surface area contributed by atoms with E-state index >= 15 is 0 Å². The lowest BCUT2D eigenvalue weighted by molar-refractivity contribution is 0.0697. The molecule has 0 saturated heterocycles. The van der Waals surface area contributed by atoms with E-state index in [1.165, 1.54) is 0 Å². The van der Waals surface area contributed by atoms with Gasteiger partial charge in [0.2, 0.25) is 0 Å². The van der Waals surface area contributed by atoms with Crippen molar-refractivity contribution in [3.8, 4) is 0 Å². The van der Waals surface area contributed by atoms with E-state index in [-0.39, 0.29) is 16.5 Å². The van der Waals surface area contributed by atoms with Crippen molar-refractivity contribution in [1.82, 2.24) is 10.1 Å². The smallest absolute Gasteiger partial charge is 0.341 e. The van der Waals surface area contributed by atoms with Crippen LogP contribution in [0.4, 0.5) is 0 Å². The Bertz CT molecular complexity index is 566. The first-order valence-electron chi connectivity index (χ1n) is 3.82. The minimum atomic E-state index is -1.16. The number of nitrogens with one attached hydrogen (secondary N) is 1. The predicted molar refractivity (Wildman–Crippen MR) is 46.3 cm³/mol. The van der Waals surface area contributed by atoms with E-state index in [1.54, 1.807) is 6.92 Å². The summed E-state index contributed by atoms with van der Waals surface area (Å²) in [6, 6.07) is 0. The average Bonchev–Trinajstić information content (AvgIpc) is 2.49. The molecule has 0 atom stereocenters. The van der Waals surface area contributed by atoms with Gasteiger partial charge in [-0.25, -0.2) is 4.79 Å². The second-order valence-corrected chi connectivity index (χ2v) is 2.81. The Morgan fingerprint density at radius 3 is 3.00 bits per heavy atom. The number of nitrogens with zero attached hydrogens (tertiary/aromatic N) is 1. The Kier molecular flexibility index (Phi) is 1.63. The number of carbonyl (C=O) groups is 1. The third-order valence-corrected chi connectivity index (χ3v) is 1.91. The molecule has 6 nitrogen and oxygen atoms in total. The van der Waals surface area contributed by atoms with E-state index in [2.05, 4.69) is 10.1 Å². The van der Waals surface area contributed by atoms with Crippen LogP contribution in [-0.2, 0) is 0 Å². The number of carboxylic acids is 1. The number of carboxylic acid groups (broad SMARTS) is 1. The molecule has 0 radical (unpaired) electrons. The minimum absolute atomic E-state index is 0.0127. The molecule has 2 aromatic heterocycles. The van der Waals surface area contributed by atoms with Crippen molar-refractivity contribution in [2.24, 2.45) is 0 Å². The summed E-state index contributed by atoms with van der Waals surface area (Å²) in [4.78, 5) is 24.3. The van der Waals surface area contributed by atoms with Crippen LogP contribution in [0.2, 0.25) is 0 Å². The topological polar surface area (TPSA) is 96.2 Å². The van der Waals surface area contributed by atoms with Crippen molar-refractivity contribution in [3.63, 3.8) is 0 Å². The van der Waals surface area contributed by atoms with Crippen molar-refractivity contribution >= 4 is 16.9 Å². The summed E-state index contributed by atoms with van der Waals surface area (Å²) in [7, 11) is 0. The van der Waals surface area contributed by atoms with E-state index < -0.39 is 11.5 Å². The van der Waals surface area contributed by atoms with Gasteiger partial charge in [-0.15, -0.1) is 0 Å². The van der Waals surface area contributed by atoms with Gasteiger partial charge < -0.3 is 14.6 Å². The lowest BCUT2D eigenvalue weighted by atomic mass is 10.2. The summed E-state index contributed by atoms with van der Waals surface area (Å²) >= 11 is 0. The van der Waals surface area contributed by atoms with E-state index in [9.17, 15) is 9.59 Å². The highest BCUT2D eigenvalue weighted by Gasteiger charge is 2.17. The Balaban J connectivity index is 2.98. The number of aryl methyl sites for hydroxylation is 1. The van der Waals surface area contributed by atoms with Crippen LogP contribution in [0, 0.1) is 6.92 Å². The van der Waals surface area contributed by atoms with Gasteiger partial charge in [-0.2, -0.15) is 0 Å². The molecule has 0 aliphatic rings. The standard InChI is InChI=1S/C8H6N2O4/c1-3-5-6(14-10-3)4(8(12)13)2-9-7(5)11/h2H,1H3,(H,9,11)(H,12,13). The molecule has 2 N–H and O–H groups in total. The Morgan fingerprint density at radius 2 is 2.36 bits per heavy atom. The molecule has 72 valence electrons. The molecule has 0 aliphatic heterocycles. The molecule has 0 saturated carbocycles. The van der Waals surface area contributed by atoms with Crippen molar-refractivity contribution < 1.29 is 14.4 Å². The molecule has 14 heavy (non-hydrogen) atoms. The summed E-state index contributed by atoms with van der Waals surface area (Å²) in [5.74, 6) is -1.16. The van der Waals surface area contributed by atoms with Crippen LogP contribution in [0.5, 0.6) is 0 Å². The fraction of sp³-hybridized carbons (Fsp3) is 0.125. The first kappa shape index (κ1) is 8.49. The van der Waals surface area contributed by atoms with Gasteiger partial charge in [0, 0.05) is 6.20 Å². The highest BCUT2D eigenvalue weighted by Crippen LogP contribution is 2.16. The third kappa shape index (κ3) is 1.00. The highest BCUT2D eigenvalue weighted by atomic mass is 16.5. The number of aromatic carboxylic acids is 1. The summed E-state index contributed by atoms with van der Waals surface area (Å²) in [5.41, 5.74) is -0.105. The molecule has 0 fully saturated rings. The Labute approximate surface area is 77.1 Å². The maximum atomic E-state index is 11.3. The van der Waals surface area contributed by atoms with Crippen molar-refractivity contribution in [2.45, 2.75) is 6.92 Å². The fourth-order valence-electron chi connectivity index (χ4n) is 1.26. The maximum absolute atomic E-state index is 11.3. The molecule has 0 unspecified atom stereocenters. The van der Waals surface area contributed by atoms with Crippen LogP contribution < -0.4 is 5.56 Å². The van der Waals surface area contributed by atoms with Crippen LogP contribution in [0.3, 0.4) is 0 Å². The van der Waals surface area contributed by atoms with Gasteiger partial charge in [-0.05, 0) is 6.92 Å². The molecule has 2 heterocycles. The molecule has 2 aromatic rings. The van der Waals surface area contributed by atoms with Gasteiger partial charge in [-0.1, -0.05) is 5.16 Å². The Hall–Kier alpha value is -2.11. The lowest BCUT2D eigenvalue weighted by Gasteiger charge is -1.92. The molecule has 6 heteroatoms. The monoisotopic (exact) mass is 194 g/mol. The summed E-state index contributed by atoms with van der Waals surface area (Å²) < 4.78 is 4.77. The van der Waals surface area contributed by atoms with Crippen LogP contribution >= 0.6 is 0 Å². The predicted octanol–water partition coefficient (Wildman–Crippen LogP) is 0.523. The first-order chi connectivity index (χ1) is 6.61. The zero-order valence-corrected chi connectivity index (χ0v) is 7.20. The van der Waals surface area contributed by atoms with E-state index in [1.807, 2.05) is 0 Å². The summed E-state index contributed by atoms with van der Waals surface area (Å²) in [5, 5.41) is 12.5. The second kappa shape index (κ2) is 2.69. The van der Waals surface area contributed by atoms with Crippen LogP contribution in [0.15, 0.2) is 15.5 Å². The molecule has 0 aromatic carbocycles. The first-order valence-corrected chi connectivity index (χ1v) is 3.82. The maximum Gasteiger partial charge on any atom is 0.341 e. The number of fused-ring (bicyclic) bond motifs is 1. The van der Waals surface area contributed by atoms with E-state index in [0.29, 0.717) is 5.69 Å². The normalized spacial score (nSPS) is 10.6. The number of hydrogen-bond donors (Lipinski definition) is 2. The van der Waals surface area contributed by atoms with Gasteiger partial charge in [0.05, 0.1) is 5.69 Å². The Morgan fingerprint density at radius 1 is 1.64 bits per heavy atom. The van der Waals surface area contributed by atoms with Crippen molar-refractivity contribution in [3.05, 3.63) is 27.8 Å². The third-order valence-electron chi connectivity index (χ3n) is 1.91. The quantitative estimate of drug-likeness (QED) is 0.689. The average molecular weight is 194 g/mol. The molecule has 0 aliphatic carbocycles. The van der Waals surface area contributed by atoms with Gasteiger partial charge in [0.1, 0.15) is 10.9 Å². The molecule has 2 rings (SSSR count). The summed E-state index contributed by atoms with van der Waals surface area (Å²) in [6.45, 7) is 1.58. The summed E-state index contributed by atoms with van der Waals surface area (Å²) in [6.07, 6.45) is 1.09.